The fraction of sp³-hybridized carbons (Fsp3) is 0.128. The van der Waals surface area contributed by atoms with Gasteiger partial charge in [0.2, 0.25) is 0 Å². The van der Waals surface area contributed by atoms with Gasteiger partial charge in [-0.15, -0.1) is 10.2 Å². The van der Waals surface area contributed by atoms with Crippen LogP contribution in [0.1, 0.15) is 49.9 Å². The minimum Gasteiger partial charge on any atom is -0.265 e. The summed E-state index contributed by atoms with van der Waals surface area (Å²) in [6.45, 7) is 9.35. The third-order valence-electron chi connectivity index (χ3n) is 11.4. The molecule has 4 nitrogen and oxygen atoms in total. The Morgan fingerprint density at radius 3 is 1.59 bits per heavy atom. The van der Waals surface area contributed by atoms with Crippen LogP contribution in [-0.4, -0.2) is 20.0 Å². The topological polar surface area (TPSA) is 43.6 Å². The standard InChI is InChI=1S/C47H36N4/c1-46(2)40-11-7-5-9-35(40)37-19-15-31(26-42(37)46)33-25-39(32-16-20-38-36-10-6-8-12-41(36)47(3,4)43(38)27-32)45-44(28-33)49-51(50-45)34-17-13-29(14-18-34)30-21-23-48-24-22-30/h5-28H,1-4H3. The lowest BCUT2D eigenvalue weighted by molar-refractivity contribution is 0.660. The number of hydrogen-bond donors (Lipinski definition) is 0. The Labute approximate surface area is 298 Å². The van der Waals surface area contributed by atoms with Crippen LogP contribution in [0, 0.1) is 0 Å². The Morgan fingerprint density at radius 1 is 0.412 bits per heavy atom. The van der Waals surface area contributed by atoms with Gasteiger partial charge in [-0.3, -0.25) is 4.98 Å². The minimum atomic E-state index is -0.104. The summed E-state index contributed by atoms with van der Waals surface area (Å²) in [6.07, 6.45) is 3.65. The predicted molar refractivity (Wildman–Crippen MR) is 208 cm³/mol. The average molecular weight is 657 g/mol. The quantitative estimate of drug-likeness (QED) is 0.189. The first-order chi connectivity index (χ1) is 24.8. The zero-order chi connectivity index (χ0) is 34.5. The largest absolute Gasteiger partial charge is 0.265 e. The number of fused-ring (bicyclic) bond motifs is 7. The summed E-state index contributed by atoms with van der Waals surface area (Å²) >= 11 is 0. The van der Waals surface area contributed by atoms with Crippen LogP contribution in [-0.2, 0) is 10.8 Å². The van der Waals surface area contributed by atoms with E-state index >= 15 is 0 Å². The van der Waals surface area contributed by atoms with E-state index in [0.29, 0.717) is 0 Å². The lowest BCUT2D eigenvalue weighted by Gasteiger charge is -2.22. The highest BCUT2D eigenvalue weighted by Gasteiger charge is 2.36. The van der Waals surface area contributed by atoms with Crippen molar-refractivity contribution in [3.63, 3.8) is 0 Å². The van der Waals surface area contributed by atoms with E-state index in [1.807, 2.05) is 24.5 Å². The van der Waals surface area contributed by atoms with Crippen molar-refractivity contribution in [1.29, 1.82) is 0 Å². The van der Waals surface area contributed by atoms with Crippen molar-refractivity contribution in [1.82, 2.24) is 20.0 Å². The Bertz CT molecular complexity index is 2680. The Kier molecular flexibility index (Phi) is 6.23. The van der Waals surface area contributed by atoms with E-state index < -0.39 is 0 Å². The van der Waals surface area contributed by atoms with Crippen LogP contribution in [0.5, 0.6) is 0 Å². The maximum absolute atomic E-state index is 5.17. The Balaban J connectivity index is 1.14. The zero-order valence-corrected chi connectivity index (χ0v) is 29.1. The summed E-state index contributed by atoms with van der Waals surface area (Å²) in [5.41, 5.74) is 20.0. The van der Waals surface area contributed by atoms with Crippen molar-refractivity contribution >= 4 is 11.0 Å². The number of aromatic nitrogens is 4. The van der Waals surface area contributed by atoms with E-state index in [0.717, 1.165) is 44.5 Å². The molecule has 0 fully saturated rings. The van der Waals surface area contributed by atoms with Gasteiger partial charge in [0, 0.05) is 28.8 Å². The van der Waals surface area contributed by atoms with Crippen molar-refractivity contribution in [3.05, 3.63) is 168 Å². The van der Waals surface area contributed by atoms with E-state index in [1.54, 1.807) is 4.80 Å². The summed E-state index contributed by atoms with van der Waals surface area (Å²) in [7, 11) is 0. The van der Waals surface area contributed by atoms with E-state index in [9.17, 15) is 0 Å². The summed E-state index contributed by atoms with van der Waals surface area (Å²) in [5.74, 6) is 0. The van der Waals surface area contributed by atoms with Crippen molar-refractivity contribution < 1.29 is 0 Å². The van der Waals surface area contributed by atoms with Crippen LogP contribution in [0.4, 0.5) is 0 Å². The summed E-state index contributed by atoms with van der Waals surface area (Å²) in [5, 5.41) is 10.3. The molecule has 6 aromatic carbocycles. The van der Waals surface area contributed by atoms with Crippen molar-refractivity contribution in [2.45, 2.75) is 38.5 Å². The third kappa shape index (κ3) is 4.42. The molecule has 0 spiro atoms. The fourth-order valence-electron chi connectivity index (χ4n) is 8.61. The summed E-state index contributed by atoms with van der Waals surface area (Å²) in [4.78, 5) is 5.95. The van der Waals surface area contributed by atoms with E-state index in [-0.39, 0.29) is 10.8 Å². The molecule has 244 valence electrons. The molecule has 2 heterocycles. The maximum Gasteiger partial charge on any atom is 0.121 e. The third-order valence-corrected chi connectivity index (χ3v) is 11.4. The van der Waals surface area contributed by atoms with Crippen molar-refractivity contribution in [3.8, 4) is 61.3 Å². The summed E-state index contributed by atoms with van der Waals surface area (Å²) in [6, 6.07) is 48.6. The lowest BCUT2D eigenvalue weighted by Crippen LogP contribution is -2.15. The molecule has 8 aromatic rings. The molecule has 10 rings (SSSR count). The van der Waals surface area contributed by atoms with Gasteiger partial charge in [-0.1, -0.05) is 113 Å². The molecule has 4 heteroatoms. The molecule has 51 heavy (non-hydrogen) atoms. The lowest BCUT2D eigenvalue weighted by atomic mass is 9.81. The average Bonchev–Trinajstić information content (AvgIpc) is 3.78. The van der Waals surface area contributed by atoms with Crippen LogP contribution in [0.15, 0.2) is 146 Å². The van der Waals surface area contributed by atoms with Crippen LogP contribution in [0.25, 0.3) is 72.4 Å². The molecule has 0 bridgehead atoms. The van der Waals surface area contributed by atoms with Gasteiger partial charge in [0.05, 0.1) is 5.69 Å². The van der Waals surface area contributed by atoms with Gasteiger partial charge >= 0.3 is 0 Å². The maximum atomic E-state index is 5.17. The first kappa shape index (κ1) is 29.8. The van der Waals surface area contributed by atoms with Crippen molar-refractivity contribution in [2.24, 2.45) is 0 Å². The molecule has 0 aliphatic heterocycles. The number of pyridine rings is 1. The molecular formula is C47H36N4. The second-order valence-corrected chi connectivity index (χ2v) is 15.0. The van der Waals surface area contributed by atoms with E-state index in [1.165, 1.54) is 50.1 Å². The Hall–Kier alpha value is -6.13. The van der Waals surface area contributed by atoms with E-state index in [2.05, 4.69) is 154 Å². The molecule has 0 unspecified atom stereocenters. The fourth-order valence-corrected chi connectivity index (χ4v) is 8.61. The zero-order valence-electron chi connectivity index (χ0n) is 29.1. The van der Waals surface area contributed by atoms with E-state index in [4.69, 9.17) is 10.2 Å². The monoisotopic (exact) mass is 656 g/mol. The van der Waals surface area contributed by atoms with Crippen LogP contribution in [0.3, 0.4) is 0 Å². The van der Waals surface area contributed by atoms with Crippen molar-refractivity contribution in [2.75, 3.05) is 0 Å². The molecule has 2 aliphatic rings. The summed E-state index contributed by atoms with van der Waals surface area (Å²) < 4.78 is 0. The first-order valence-electron chi connectivity index (χ1n) is 17.7. The van der Waals surface area contributed by atoms with Gasteiger partial charge in [-0.2, -0.15) is 4.80 Å². The molecule has 2 aliphatic carbocycles. The van der Waals surface area contributed by atoms with Gasteiger partial charge in [-0.05, 0) is 121 Å². The van der Waals surface area contributed by atoms with Crippen LogP contribution >= 0.6 is 0 Å². The SMILES string of the molecule is CC1(C)c2ccccc2-c2ccc(-c3cc(-c4ccc5c(c4)C(C)(C)c4ccccc4-5)c4nn(-c5ccc(-c6ccncc6)cc5)nc4c3)cc21. The second kappa shape index (κ2) is 10.7. The smallest absolute Gasteiger partial charge is 0.121 e. The highest BCUT2D eigenvalue weighted by molar-refractivity contribution is 5.97. The second-order valence-electron chi connectivity index (χ2n) is 15.0. The van der Waals surface area contributed by atoms with Gasteiger partial charge in [0.1, 0.15) is 11.0 Å². The molecule has 0 amide bonds. The predicted octanol–water partition coefficient (Wildman–Crippen LogP) is 11.4. The van der Waals surface area contributed by atoms with Gasteiger partial charge in [0.15, 0.2) is 0 Å². The molecule has 2 aromatic heterocycles. The number of benzene rings is 6. The Morgan fingerprint density at radius 2 is 0.941 bits per heavy atom. The first-order valence-corrected chi connectivity index (χ1v) is 17.7. The highest BCUT2D eigenvalue weighted by atomic mass is 15.5. The van der Waals surface area contributed by atoms with Gasteiger partial charge in [0.25, 0.3) is 0 Å². The van der Waals surface area contributed by atoms with Gasteiger partial charge < -0.3 is 0 Å². The number of rotatable bonds is 4. The molecule has 0 saturated heterocycles. The molecule has 0 radical (unpaired) electrons. The minimum absolute atomic E-state index is 0.0823. The molecule has 0 N–H and O–H groups in total. The normalized spacial score (nSPS) is 14.6. The van der Waals surface area contributed by atoms with Crippen LogP contribution < -0.4 is 0 Å². The molecular weight excluding hydrogens is 621 g/mol. The number of hydrogen-bond acceptors (Lipinski definition) is 3. The number of nitrogens with zero attached hydrogens (tertiary/aromatic N) is 4. The van der Waals surface area contributed by atoms with Gasteiger partial charge in [-0.25, -0.2) is 0 Å². The molecule has 0 saturated carbocycles. The highest BCUT2D eigenvalue weighted by Crippen LogP contribution is 2.51. The molecule has 0 atom stereocenters. The van der Waals surface area contributed by atoms with Crippen LogP contribution in [0.2, 0.25) is 0 Å².